The van der Waals surface area contributed by atoms with E-state index in [4.69, 9.17) is 18.4 Å². The molecule has 1 fully saturated rings. The highest BCUT2D eigenvalue weighted by atomic mass is 32.2. The highest BCUT2D eigenvalue weighted by molar-refractivity contribution is 8.18. The predicted molar refractivity (Wildman–Crippen MR) is 123 cm³/mol. The molecule has 3 rings (SSSR count). The van der Waals surface area contributed by atoms with Gasteiger partial charge in [0.05, 0.1) is 25.7 Å². The third-order valence-corrected chi connectivity index (χ3v) is 6.66. The van der Waals surface area contributed by atoms with Crippen LogP contribution in [0, 0.1) is 0 Å². The van der Waals surface area contributed by atoms with Gasteiger partial charge in [-0.2, -0.15) is 8.42 Å². The predicted octanol–water partition coefficient (Wildman–Crippen LogP) is 3.07. The average molecular weight is 508 g/mol. The number of esters is 1. The Morgan fingerprint density at radius 2 is 1.74 bits per heavy atom. The van der Waals surface area contributed by atoms with E-state index in [-0.39, 0.29) is 27.9 Å². The first-order valence-electron chi connectivity index (χ1n) is 9.86. The minimum Gasteiger partial charge on any atom is -0.497 e. The van der Waals surface area contributed by atoms with E-state index in [1.807, 2.05) is 0 Å². The van der Waals surface area contributed by atoms with E-state index < -0.39 is 33.8 Å². The molecular formula is C22H21NO9S2. The van der Waals surface area contributed by atoms with Gasteiger partial charge in [0.2, 0.25) is 0 Å². The number of nitrogens with zero attached hydrogens (tertiary/aromatic N) is 1. The zero-order valence-electron chi connectivity index (χ0n) is 18.5. The van der Waals surface area contributed by atoms with Crippen LogP contribution in [0.5, 0.6) is 17.2 Å². The van der Waals surface area contributed by atoms with Crippen molar-refractivity contribution in [3.05, 3.63) is 52.9 Å². The van der Waals surface area contributed by atoms with Crippen molar-refractivity contribution >= 4 is 45.1 Å². The summed E-state index contributed by atoms with van der Waals surface area (Å²) in [6, 6.07) is 10.0. The van der Waals surface area contributed by atoms with Crippen molar-refractivity contribution < 1.29 is 41.2 Å². The molecule has 0 unspecified atom stereocenters. The van der Waals surface area contributed by atoms with Crippen LogP contribution < -0.4 is 13.7 Å². The monoisotopic (exact) mass is 507 g/mol. The Morgan fingerprint density at radius 3 is 2.35 bits per heavy atom. The number of carbonyl (C=O) groups excluding carboxylic acids is 3. The van der Waals surface area contributed by atoms with Gasteiger partial charge in [-0.1, -0.05) is 6.07 Å². The van der Waals surface area contributed by atoms with E-state index in [0.29, 0.717) is 23.1 Å². The fourth-order valence-electron chi connectivity index (χ4n) is 2.87. The molecule has 34 heavy (non-hydrogen) atoms. The molecule has 2 aromatic rings. The lowest BCUT2D eigenvalue weighted by atomic mass is 10.2. The van der Waals surface area contributed by atoms with Crippen molar-refractivity contribution in [3.8, 4) is 17.2 Å². The Labute approximate surface area is 200 Å². The van der Waals surface area contributed by atoms with Crippen molar-refractivity contribution in [1.29, 1.82) is 0 Å². The van der Waals surface area contributed by atoms with Crippen molar-refractivity contribution in [2.45, 2.75) is 11.8 Å². The number of rotatable bonds is 9. The second kappa shape index (κ2) is 10.6. The number of thioether (sulfide) groups is 1. The van der Waals surface area contributed by atoms with Gasteiger partial charge in [-0.3, -0.25) is 19.3 Å². The molecule has 1 heterocycles. The molecule has 12 heteroatoms. The summed E-state index contributed by atoms with van der Waals surface area (Å²) in [5.74, 6) is -0.799. The smallest absolute Gasteiger partial charge is 0.339 e. The molecule has 0 bridgehead atoms. The number of imide groups is 1. The molecule has 0 atom stereocenters. The molecule has 0 N–H and O–H groups in total. The second-order valence-electron chi connectivity index (χ2n) is 6.70. The van der Waals surface area contributed by atoms with Crippen LogP contribution in [0.2, 0.25) is 0 Å². The van der Waals surface area contributed by atoms with Gasteiger partial charge in [-0.15, -0.1) is 0 Å². The molecule has 0 aliphatic carbocycles. The summed E-state index contributed by atoms with van der Waals surface area (Å²) in [6.07, 6.45) is 1.43. The third-order valence-electron chi connectivity index (χ3n) is 4.50. The number of methoxy groups -OCH3 is 2. The lowest BCUT2D eigenvalue weighted by Gasteiger charge is -2.12. The molecule has 0 saturated carbocycles. The fraction of sp³-hybridized carbons (Fsp3) is 0.227. The Kier molecular flexibility index (Phi) is 7.84. The van der Waals surface area contributed by atoms with Crippen LogP contribution in [0.25, 0.3) is 6.08 Å². The van der Waals surface area contributed by atoms with Crippen LogP contribution in [-0.4, -0.2) is 57.8 Å². The number of carbonyl (C=O) groups is 3. The zero-order chi connectivity index (χ0) is 24.9. The summed E-state index contributed by atoms with van der Waals surface area (Å²) in [5, 5.41) is -0.596. The number of hydrogen-bond acceptors (Lipinski definition) is 10. The van der Waals surface area contributed by atoms with Crippen LogP contribution in [0.3, 0.4) is 0 Å². The van der Waals surface area contributed by atoms with E-state index >= 15 is 0 Å². The lowest BCUT2D eigenvalue weighted by molar-refractivity contribution is -0.145. The van der Waals surface area contributed by atoms with Crippen molar-refractivity contribution in [2.24, 2.45) is 0 Å². The van der Waals surface area contributed by atoms with E-state index in [0.717, 1.165) is 4.90 Å². The maximum absolute atomic E-state index is 12.6. The number of benzene rings is 2. The van der Waals surface area contributed by atoms with Crippen LogP contribution in [0.1, 0.15) is 12.5 Å². The summed E-state index contributed by atoms with van der Waals surface area (Å²) >= 11 is 0.677. The lowest BCUT2D eigenvalue weighted by Crippen LogP contribution is -2.34. The van der Waals surface area contributed by atoms with Crippen LogP contribution in [-0.2, 0) is 24.4 Å². The maximum atomic E-state index is 12.6. The van der Waals surface area contributed by atoms with Crippen LogP contribution >= 0.6 is 11.8 Å². The summed E-state index contributed by atoms with van der Waals surface area (Å²) < 4.78 is 45.5. The minimum atomic E-state index is -4.15. The molecule has 0 spiro atoms. The van der Waals surface area contributed by atoms with Gasteiger partial charge in [-0.25, -0.2) is 0 Å². The van der Waals surface area contributed by atoms with E-state index in [2.05, 4.69) is 0 Å². The molecule has 0 aromatic heterocycles. The Hall–Kier alpha value is -3.51. The van der Waals surface area contributed by atoms with Gasteiger partial charge in [0.15, 0.2) is 11.5 Å². The SMILES string of the molecule is CCOC(=O)CN1C(=O)S/C(=C\c2ccc(OS(=O)(=O)c3ccc(OC)cc3)c(OC)c2)C1=O. The van der Waals surface area contributed by atoms with E-state index in [9.17, 15) is 22.8 Å². The van der Waals surface area contributed by atoms with Gasteiger partial charge >= 0.3 is 16.1 Å². The molecule has 180 valence electrons. The second-order valence-corrected chi connectivity index (χ2v) is 9.24. The van der Waals surface area contributed by atoms with E-state index in [1.165, 1.54) is 62.8 Å². The van der Waals surface area contributed by atoms with Crippen molar-refractivity contribution in [1.82, 2.24) is 4.90 Å². The van der Waals surface area contributed by atoms with Crippen molar-refractivity contribution in [3.63, 3.8) is 0 Å². The number of hydrogen-bond donors (Lipinski definition) is 0. The first-order chi connectivity index (χ1) is 16.2. The molecule has 2 aromatic carbocycles. The van der Waals surface area contributed by atoms with Gasteiger partial charge in [0, 0.05) is 0 Å². The quantitative estimate of drug-likeness (QED) is 0.284. The largest absolute Gasteiger partial charge is 0.497 e. The summed E-state index contributed by atoms with van der Waals surface area (Å²) in [7, 11) is -1.35. The molecule has 10 nitrogen and oxygen atoms in total. The van der Waals surface area contributed by atoms with Crippen LogP contribution in [0.4, 0.5) is 4.79 Å². The highest BCUT2D eigenvalue weighted by Crippen LogP contribution is 2.35. The fourth-order valence-corrected chi connectivity index (χ4v) is 4.65. The van der Waals surface area contributed by atoms with Crippen molar-refractivity contribution in [2.75, 3.05) is 27.4 Å². The van der Waals surface area contributed by atoms with Gasteiger partial charge in [-0.05, 0) is 66.7 Å². The van der Waals surface area contributed by atoms with Gasteiger partial charge < -0.3 is 18.4 Å². The van der Waals surface area contributed by atoms with Gasteiger partial charge in [0.1, 0.15) is 17.2 Å². The Bertz CT molecular complexity index is 1240. The topological polar surface area (TPSA) is 126 Å². The summed E-state index contributed by atoms with van der Waals surface area (Å²) in [6.45, 7) is 1.27. The third kappa shape index (κ3) is 5.69. The zero-order valence-corrected chi connectivity index (χ0v) is 20.1. The normalized spacial score (nSPS) is 14.9. The molecule has 1 aliphatic heterocycles. The number of amides is 2. The molecule has 1 aliphatic rings. The molecule has 0 radical (unpaired) electrons. The minimum absolute atomic E-state index is 0.0640. The molecule has 1 saturated heterocycles. The molecular weight excluding hydrogens is 486 g/mol. The Morgan fingerprint density at radius 1 is 1.03 bits per heavy atom. The van der Waals surface area contributed by atoms with E-state index in [1.54, 1.807) is 6.92 Å². The Balaban J connectivity index is 1.81. The first kappa shape index (κ1) is 25.1. The van der Waals surface area contributed by atoms with Gasteiger partial charge in [0.25, 0.3) is 11.1 Å². The van der Waals surface area contributed by atoms with Crippen LogP contribution in [0.15, 0.2) is 52.3 Å². The number of ether oxygens (including phenoxy) is 3. The standard InChI is InChI=1S/C22H21NO9S2/c1-4-31-20(24)13-23-21(25)19(33-22(23)26)12-14-5-10-17(18(11-14)30-3)32-34(27,28)16-8-6-15(29-2)7-9-16/h5-12H,4,13H2,1-3H3/b19-12-. The summed E-state index contributed by atoms with van der Waals surface area (Å²) in [5.41, 5.74) is 0.452. The summed E-state index contributed by atoms with van der Waals surface area (Å²) in [4.78, 5) is 37.1. The molecule has 2 amide bonds. The maximum Gasteiger partial charge on any atom is 0.339 e. The first-order valence-corrected chi connectivity index (χ1v) is 12.1. The highest BCUT2D eigenvalue weighted by Gasteiger charge is 2.36. The average Bonchev–Trinajstić information content (AvgIpc) is 3.07.